The molecule has 1 nitrogen and oxygen atoms in total. The van der Waals surface area contributed by atoms with E-state index < -0.39 is 23.3 Å². The highest BCUT2D eigenvalue weighted by Crippen LogP contribution is 2.26. The Labute approximate surface area is 189 Å². The number of benzene rings is 4. The zero-order chi connectivity index (χ0) is 23.4. The third-order valence-electron chi connectivity index (χ3n) is 5.24. The lowest BCUT2D eigenvalue weighted by Gasteiger charge is -2.08. The Morgan fingerprint density at radius 1 is 0.727 bits per heavy atom. The first kappa shape index (κ1) is 22.4. The molecule has 0 N–H and O–H groups in total. The van der Waals surface area contributed by atoms with Crippen molar-refractivity contribution in [3.63, 3.8) is 0 Å². The summed E-state index contributed by atoms with van der Waals surface area (Å²) in [7, 11) is 0. The minimum Gasteiger partial charge on any atom is -0.494 e. The van der Waals surface area contributed by atoms with Gasteiger partial charge in [0.15, 0.2) is 11.6 Å². The van der Waals surface area contributed by atoms with Crippen LogP contribution in [0.3, 0.4) is 0 Å². The summed E-state index contributed by atoms with van der Waals surface area (Å²) >= 11 is 0. The standard InChI is InChI=1S/C28H20F4O/c1-2-3-14-33-22-9-6-19(7-10-22)21-16-26(30)24(27(31)17-21)12-5-18-4-11-23-20(15-18)8-13-25(29)28(23)32/h4,6-11,13,15-17H,2-3,14H2,1H3. The Bertz CT molecular complexity index is 1340. The molecule has 0 aliphatic heterocycles. The second kappa shape index (κ2) is 9.79. The van der Waals surface area contributed by atoms with Crippen LogP contribution >= 0.6 is 0 Å². The van der Waals surface area contributed by atoms with Gasteiger partial charge in [-0.25, -0.2) is 17.6 Å². The number of hydrogen-bond donors (Lipinski definition) is 0. The highest BCUT2D eigenvalue weighted by Gasteiger charge is 2.11. The molecule has 0 bridgehead atoms. The molecule has 0 aliphatic carbocycles. The molecule has 0 fully saturated rings. The van der Waals surface area contributed by atoms with Gasteiger partial charge in [-0.2, -0.15) is 0 Å². The fraction of sp³-hybridized carbons (Fsp3) is 0.143. The van der Waals surface area contributed by atoms with Crippen LogP contribution in [0.4, 0.5) is 17.6 Å². The molecule has 166 valence electrons. The van der Waals surface area contributed by atoms with E-state index >= 15 is 0 Å². The fourth-order valence-corrected chi connectivity index (χ4v) is 3.41. The van der Waals surface area contributed by atoms with Gasteiger partial charge in [0.1, 0.15) is 17.4 Å². The van der Waals surface area contributed by atoms with E-state index in [1.807, 2.05) is 0 Å². The molecule has 0 saturated carbocycles. The molecule has 4 aromatic rings. The van der Waals surface area contributed by atoms with E-state index in [-0.39, 0.29) is 10.9 Å². The molecule has 0 radical (unpaired) electrons. The fourth-order valence-electron chi connectivity index (χ4n) is 3.41. The third kappa shape index (κ3) is 5.01. The van der Waals surface area contributed by atoms with Crippen molar-refractivity contribution in [2.75, 3.05) is 6.61 Å². The predicted octanol–water partition coefficient (Wildman–Crippen LogP) is 7.64. The van der Waals surface area contributed by atoms with E-state index in [0.29, 0.717) is 34.4 Å². The maximum absolute atomic E-state index is 14.7. The SMILES string of the molecule is CCCCOc1ccc(-c2cc(F)c(C#Cc3ccc4c(F)c(F)ccc4c3)c(F)c2)cc1. The van der Waals surface area contributed by atoms with Crippen molar-refractivity contribution >= 4 is 10.8 Å². The number of unbranched alkanes of at least 4 members (excludes halogenated alkanes) is 1. The molecule has 0 aromatic heterocycles. The minimum atomic E-state index is -0.944. The number of ether oxygens (including phenoxy) is 1. The normalized spacial score (nSPS) is 10.7. The topological polar surface area (TPSA) is 9.23 Å². The van der Waals surface area contributed by atoms with Gasteiger partial charge in [-0.15, -0.1) is 0 Å². The Morgan fingerprint density at radius 2 is 1.45 bits per heavy atom. The maximum atomic E-state index is 14.7. The van der Waals surface area contributed by atoms with Crippen LogP contribution < -0.4 is 4.74 Å². The second-order valence-corrected chi connectivity index (χ2v) is 7.59. The quantitative estimate of drug-likeness (QED) is 0.173. The van der Waals surface area contributed by atoms with Crippen LogP contribution in [0.2, 0.25) is 0 Å². The van der Waals surface area contributed by atoms with Crippen LogP contribution in [0.5, 0.6) is 5.75 Å². The summed E-state index contributed by atoms with van der Waals surface area (Å²) in [6.07, 6.45) is 1.99. The molecule has 0 spiro atoms. The lowest BCUT2D eigenvalue weighted by molar-refractivity contribution is 0.309. The van der Waals surface area contributed by atoms with Gasteiger partial charge in [0.05, 0.1) is 12.2 Å². The van der Waals surface area contributed by atoms with Gasteiger partial charge >= 0.3 is 0 Å². The van der Waals surface area contributed by atoms with Crippen LogP contribution in [0.25, 0.3) is 21.9 Å². The molecule has 0 saturated heterocycles. The highest BCUT2D eigenvalue weighted by atomic mass is 19.2. The van der Waals surface area contributed by atoms with Crippen molar-refractivity contribution in [1.82, 2.24) is 0 Å². The Balaban J connectivity index is 1.58. The van der Waals surface area contributed by atoms with Gasteiger partial charge < -0.3 is 4.74 Å². The van der Waals surface area contributed by atoms with Crippen molar-refractivity contribution in [2.24, 2.45) is 0 Å². The Kier molecular flexibility index (Phi) is 6.65. The van der Waals surface area contributed by atoms with Gasteiger partial charge in [-0.1, -0.05) is 49.5 Å². The second-order valence-electron chi connectivity index (χ2n) is 7.59. The van der Waals surface area contributed by atoms with E-state index in [4.69, 9.17) is 4.74 Å². The summed E-state index contributed by atoms with van der Waals surface area (Å²) in [5.41, 5.74) is 1.11. The van der Waals surface area contributed by atoms with Gasteiger partial charge in [0.25, 0.3) is 0 Å². The molecule has 4 rings (SSSR count). The van der Waals surface area contributed by atoms with Gasteiger partial charge in [-0.3, -0.25) is 0 Å². The molecule has 0 aliphatic rings. The first-order valence-electron chi connectivity index (χ1n) is 10.6. The highest BCUT2D eigenvalue weighted by molar-refractivity contribution is 5.84. The molecule has 0 atom stereocenters. The van der Waals surface area contributed by atoms with Crippen molar-refractivity contribution in [3.8, 4) is 28.7 Å². The number of hydrogen-bond acceptors (Lipinski definition) is 1. The number of halogens is 4. The first-order chi connectivity index (χ1) is 16.0. The molecule has 4 aromatic carbocycles. The van der Waals surface area contributed by atoms with Crippen LogP contribution in [0, 0.1) is 35.1 Å². The summed E-state index contributed by atoms with van der Waals surface area (Å²) in [5, 5.41) is 0.558. The molecule has 0 amide bonds. The average molecular weight is 448 g/mol. The summed E-state index contributed by atoms with van der Waals surface area (Å²) in [5.74, 6) is 2.47. The molecule has 5 heteroatoms. The largest absolute Gasteiger partial charge is 0.494 e. The van der Waals surface area contributed by atoms with Gasteiger partial charge in [0.2, 0.25) is 0 Å². The summed E-state index contributed by atoms with van der Waals surface area (Å²) in [6.45, 7) is 2.70. The molecule has 33 heavy (non-hydrogen) atoms. The smallest absolute Gasteiger partial charge is 0.166 e. The Hall–Kier alpha value is -3.78. The van der Waals surface area contributed by atoms with Crippen molar-refractivity contribution in [3.05, 3.63) is 101 Å². The van der Waals surface area contributed by atoms with Crippen molar-refractivity contribution in [1.29, 1.82) is 0 Å². The lowest BCUT2D eigenvalue weighted by atomic mass is 10.0. The monoisotopic (exact) mass is 448 g/mol. The van der Waals surface area contributed by atoms with E-state index in [2.05, 4.69) is 18.8 Å². The van der Waals surface area contributed by atoms with Crippen LogP contribution in [0.1, 0.15) is 30.9 Å². The van der Waals surface area contributed by atoms with E-state index in [0.717, 1.165) is 18.9 Å². The molecular formula is C28H20F4O. The molecule has 0 unspecified atom stereocenters. The minimum absolute atomic E-state index is 0.115. The summed E-state index contributed by atoms with van der Waals surface area (Å²) in [6, 6.07) is 16.4. The first-order valence-corrected chi connectivity index (χ1v) is 10.6. The maximum Gasteiger partial charge on any atom is 0.166 e. The van der Waals surface area contributed by atoms with Gasteiger partial charge in [-0.05, 0) is 65.4 Å². The van der Waals surface area contributed by atoms with Crippen LogP contribution in [0.15, 0.2) is 66.7 Å². The predicted molar refractivity (Wildman–Crippen MR) is 122 cm³/mol. The van der Waals surface area contributed by atoms with Gasteiger partial charge in [0, 0.05) is 10.9 Å². The average Bonchev–Trinajstić information content (AvgIpc) is 2.81. The van der Waals surface area contributed by atoms with Crippen molar-refractivity contribution in [2.45, 2.75) is 19.8 Å². The molecule has 0 heterocycles. The van der Waals surface area contributed by atoms with E-state index in [9.17, 15) is 17.6 Å². The summed E-state index contributed by atoms with van der Waals surface area (Å²) < 4.78 is 62.2. The van der Waals surface area contributed by atoms with Crippen molar-refractivity contribution < 1.29 is 22.3 Å². The zero-order valence-electron chi connectivity index (χ0n) is 17.9. The van der Waals surface area contributed by atoms with Crippen LogP contribution in [-0.4, -0.2) is 6.61 Å². The Morgan fingerprint density at radius 3 is 2.15 bits per heavy atom. The zero-order valence-corrected chi connectivity index (χ0v) is 17.9. The van der Waals surface area contributed by atoms with E-state index in [1.165, 1.54) is 30.3 Å². The molecular weight excluding hydrogens is 428 g/mol. The summed E-state index contributed by atoms with van der Waals surface area (Å²) in [4.78, 5) is 0. The number of fused-ring (bicyclic) bond motifs is 1. The number of rotatable bonds is 5. The third-order valence-corrected chi connectivity index (χ3v) is 5.24. The van der Waals surface area contributed by atoms with E-state index in [1.54, 1.807) is 30.3 Å². The van der Waals surface area contributed by atoms with Crippen LogP contribution in [-0.2, 0) is 0 Å². The lowest BCUT2D eigenvalue weighted by Crippen LogP contribution is -1.96.